The minimum atomic E-state index is -0.367. The number of benzene rings is 1. The van der Waals surface area contributed by atoms with E-state index in [0.29, 0.717) is 19.4 Å². The SMILES string of the molecule is C#CCCC1(CCNC(=O)[C@@H]2CSC(C3CSC(c4ccccc4O)=N3)N2C)N=N1. The second-order valence-electron chi connectivity index (χ2n) is 7.66. The summed E-state index contributed by atoms with van der Waals surface area (Å²) in [6.07, 6.45) is 7.41. The summed E-state index contributed by atoms with van der Waals surface area (Å²) in [4.78, 5) is 19.7. The van der Waals surface area contributed by atoms with Crippen molar-refractivity contribution in [2.45, 2.75) is 42.4 Å². The number of carbonyl (C=O) groups is 1. The Labute approximate surface area is 185 Å². The Hall–Kier alpha value is -2.02. The number of carbonyl (C=O) groups excluding carboxylic acids is 1. The number of hydrogen-bond acceptors (Lipinski definition) is 8. The second-order valence-corrected chi connectivity index (χ2v) is 9.82. The summed E-state index contributed by atoms with van der Waals surface area (Å²) >= 11 is 3.43. The lowest BCUT2D eigenvalue weighted by Crippen LogP contribution is -2.47. The molecule has 0 bridgehead atoms. The fraction of sp³-hybridized carbons (Fsp3) is 0.524. The Morgan fingerprint density at radius 2 is 2.17 bits per heavy atom. The van der Waals surface area contributed by atoms with E-state index in [0.717, 1.165) is 28.5 Å². The van der Waals surface area contributed by atoms with Crippen molar-refractivity contribution in [1.29, 1.82) is 0 Å². The number of rotatable bonds is 8. The fourth-order valence-electron chi connectivity index (χ4n) is 3.75. The van der Waals surface area contributed by atoms with Crippen molar-refractivity contribution in [3.05, 3.63) is 29.8 Å². The maximum absolute atomic E-state index is 12.7. The third kappa shape index (κ3) is 4.51. The lowest BCUT2D eigenvalue weighted by Gasteiger charge is -2.26. The van der Waals surface area contributed by atoms with Gasteiger partial charge in [0.2, 0.25) is 5.91 Å². The average Bonchev–Trinajstić information content (AvgIpc) is 3.15. The Kier molecular flexibility index (Phi) is 6.37. The molecule has 3 aliphatic rings. The van der Waals surface area contributed by atoms with Crippen LogP contribution in [0.25, 0.3) is 0 Å². The summed E-state index contributed by atoms with van der Waals surface area (Å²) in [5.41, 5.74) is 0.410. The van der Waals surface area contributed by atoms with Crippen molar-refractivity contribution in [2.75, 3.05) is 25.1 Å². The molecule has 2 unspecified atom stereocenters. The number of para-hydroxylation sites is 1. The van der Waals surface area contributed by atoms with E-state index in [1.807, 2.05) is 25.2 Å². The van der Waals surface area contributed by atoms with Gasteiger partial charge in [-0.25, -0.2) is 0 Å². The Balaban J connectivity index is 1.30. The van der Waals surface area contributed by atoms with Crippen molar-refractivity contribution in [2.24, 2.45) is 15.2 Å². The maximum Gasteiger partial charge on any atom is 0.238 e. The van der Waals surface area contributed by atoms with Crippen LogP contribution in [-0.2, 0) is 4.79 Å². The van der Waals surface area contributed by atoms with Gasteiger partial charge in [0.15, 0.2) is 5.66 Å². The predicted octanol–water partition coefficient (Wildman–Crippen LogP) is 2.71. The zero-order chi connectivity index (χ0) is 21.1. The number of phenolic OH excluding ortho intramolecular Hbond substituents is 1. The first-order valence-electron chi connectivity index (χ1n) is 10.0. The van der Waals surface area contributed by atoms with Gasteiger partial charge >= 0.3 is 0 Å². The molecular formula is C21H25N5O2S2. The van der Waals surface area contributed by atoms with E-state index in [9.17, 15) is 9.90 Å². The monoisotopic (exact) mass is 443 g/mol. The standard InChI is InChI=1S/C21H25N5O2S2/c1-3-4-9-21(24-25-21)10-11-22-18(28)16-13-30-20(26(16)2)15-12-29-19(23-15)14-7-5-6-8-17(14)27/h1,5-8,15-16,20,27H,4,9-13H2,2H3,(H,22,28)/t15?,16-,20?/m0/s1. The molecule has 0 aromatic heterocycles. The van der Waals surface area contributed by atoms with Crippen LogP contribution in [0.15, 0.2) is 39.5 Å². The van der Waals surface area contributed by atoms with Gasteiger partial charge in [-0.3, -0.25) is 14.7 Å². The van der Waals surface area contributed by atoms with Gasteiger partial charge in [-0.15, -0.1) is 35.9 Å². The number of hydrogen-bond donors (Lipinski definition) is 2. The molecule has 1 saturated heterocycles. The highest BCUT2D eigenvalue weighted by Crippen LogP contribution is 2.38. The molecule has 2 N–H and O–H groups in total. The Bertz CT molecular complexity index is 907. The van der Waals surface area contributed by atoms with Crippen LogP contribution in [0.3, 0.4) is 0 Å². The molecule has 9 heteroatoms. The zero-order valence-corrected chi connectivity index (χ0v) is 18.5. The van der Waals surface area contributed by atoms with Crippen LogP contribution in [0.5, 0.6) is 5.75 Å². The van der Waals surface area contributed by atoms with Gasteiger partial charge in [0.1, 0.15) is 10.8 Å². The van der Waals surface area contributed by atoms with Crippen molar-refractivity contribution in [3.8, 4) is 18.1 Å². The summed E-state index contributed by atoms with van der Waals surface area (Å²) in [7, 11) is 1.99. The van der Waals surface area contributed by atoms with Gasteiger partial charge in [-0.05, 0) is 19.2 Å². The molecule has 158 valence electrons. The lowest BCUT2D eigenvalue weighted by molar-refractivity contribution is -0.125. The van der Waals surface area contributed by atoms with Crippen molar-refractivity contribution < 1.29 is 9.90 Å². The van der Waals surface area contributed by atoms with Crippen LogP contribution >= 0.6 is 23.5 Å². The minimum Gasteiger partial charge on any atom is -0.507 e. The van der Waals surface area contributed by atoms with Crippen LogP contribution in [0, 0.1) is 12.3 Å². The second kappa shape index (κ2) is 9.00. The van der Waals surface area contributed by atoms with Gasteiger partial charge in [0.05, 0.1) is 17.5 Å². The van der Waals surface area contributed by atoms with Gasteiger partial charge in [-0.2, -0.15) is 10.2 Å². The third-order valence-corrected chi connectivity index (χ3v) is 8.24. The van der Waals surface area contributed by atoms with E-state index in [-0.39, 0.29) is 34.8 Å². The first-order chi connectivity index (χ1) is 14.5. The minimum absolute atomic E-state index is 0.0378. The molecule has 7 nitrogen and oxygen atoms in total. The highest BCUT2D eigenvalue weighted by Gasteiger charge is 2.42. The molecule has 1 fully saturated rings. The van der Waals surface area contributed by atoms with Crippen LogP contribution in [0.4, 0.5) is 0 Å². The summed E-state index contributed by atoms with van der Waals surface area (Å²) in [5.74, 6) is 4.50. The van der Waals surface area contributed by atoms with E-state index >= 15 is 0 Å². The largest absolute Gasteiger partial charge is 0.507 e. The van der Waals surface area contributed by atoms with Crippen molar-refractivity contribution in [3.63, 3.8) is 0 Å². The Morgan fingerprint density at radius 3 is 2.90 bits per heavy atom. The highest BCUT2D eigenvalue weighted by atomic mass is 32.2. The van der Waals surface area contributed by atoms with E-state index in [1.54, 1.807) is 29.6 Å². The number of aliphatic imine (C=N–C) groups is 1. The molecule has 3 atom stereocenters. The van der Waals surface area contributed by atoms with Crippen molar-refractivity contribution >= 4 is 34.5 Å². The smallest absolute Gasteiger partial charge is 0.238 e. The number of amides is 1. The summed E-state index contributed by atoms with van der Waals surface area (Å²) in [5, 5.41) is 22.4. The molecular weight excluding hydrogens is 418 g/mol. The first-order valence-corrected chi connectivity index (χ1v) is 12.0. The van der Waals surface area contributed by atoms with Crippen LogP contribution in [0.1, 0.15) is 24.8 Å². The van der Waals surface area contributed by atoms with E-state index in [4.69, 9.17) is 11.4 Å². The number of phenols is 1. The predicted molar refractivity (Wildman–Crippen MR) is 122 cm³/mol. The highest BCUT2D eigenvalue weighted by molar-refractivity contribution is 8.14. The molecule has 1 aromatic carbocycles. The third-order valence-electron chi connectivity index (χ3n) is 5.64. The van der Waals surface area contributed by atoms with E-state index in [1.165, 1.54) is 0 Å². The quantitative estimate of drug-likeness (QED) is 0.603. The van der Waals surface area contributed by atoms with E-state index < -0.39 is 0 Å². The van der Waals surface area contributed by atoms with Crippen molar-refractivity contribution in [1.82, 2.24) is 10.2 Å². The molecule has 30 heavy (non-hydrogen) atoms. The number of nitrogens with zero attached hydrogens (tertiary/aromatic N) is 4. The molecule has 3 aliphatic heterocycles. The van der Waals surface area contributed by atoms with Crippen LogP contribution < -0.4 is 5.32 Å². The van der Waals surface area contributed by atoms with Crippen LogP contribution in [-0.4, -0.2) is 69.2 Å². The zero-order valence-electron chi connectivity index (χ0n) is 16.8. The maximum atomic E-state index is 12.7. The molecule has 0 spiro atoms. The molecule has 0 radical (unpaired) electrons. The number of thioether (sulfide) groups is 2. The van der Waals surface area contributed by atoms with Gasteiger partial charge in [0.25, 0.3) is 0 Å². The number of terminal acetylenes is 1. The molecule has 4 rings (SSSR count). The average molecular weight is 444 g/mol. The van der Waals surface area contributed by atoms with Gasteiger partial charge in [-0.1, -0.05) is 12.1 Å². The summed E-state index contributed by atoms with van der Waals surface area (Å²) < 4.78 is 0. The Morgan fingerprint density at radius 1 is 1.37 bits per heavy atom. The molecule has 0 saturated carbocycles. The molecule has 1 aromatic rings. The molecule has 0 aliphatic carbocycles. The lowest BCUT2D eigenvalue weighted by atomic mass is 10.0. The number of likely N-dealkylation sites (N-methyl/N-ethyl adjacent to an activating group) is 1. The van der Waals surface area contributed by atoms with E-state index in [2.05, 4.69) is 26.4 Å². The van der Waals surface area contributed by atoms with Crippen LogP contribution in [0.2, 0.25) is 0 Å². The van der Waals surface area contributed by atoms with Gasteiger partial charge in [0, 0.05) is 42.9 Å². The van der Waals surface area contributed by atoms with Gasteiger partial charge < -0.3 is 10.4 Å². The normalized spacial score (nSPS) is 26.9. The fourth-order valence-corrected chi connectivity index (χ4v) is 6.53. The summed E-state index contributed by atoms with van der Waals surface area (Å²) in [6.45, 7) is 0.547. The number of aromatic hydroxyl groups is 1. The number of nitrogens with one attached hydrogen (secondary N) is 1. The first kappa shape index (κ1) is 21.2. The summed E-state index contributed by atoms with van der Waals surface area (Å²) in [6, 6.07) is 7.20. The molecule has 1 amide bonds. The topological polar surface area (TPSA) is 89.6 Å². The molecule has 3 heterocycles.